The van der Waals surface area contributed by atoms with E-state index in [9.17, 15) is 53.4 Å². The van der Waals surface area contributed by atoms with E-state index in [1.165, 1.54) is 17.1 Å². The average molecular weight is 936 g/mol. The van der Waals surface area contributed by atoms with Crippen molar-refractivity contribution in [3.05, 3.63) is 12.2 Å². The lowest BCUT2D eigenvalue weighted by Crippen LogP contribution is -2.60. The van der Waals surface area contributed by atoms with Crippen molar-refractivity contribution in [2.45, 2.75) is 153 Å². The summed E-state index contributed by atoms with van der Waals surface area (Å²) < 4.78 is 0. The SMILES string of the molecule is CCCC[C@H](NC(=O)[C@@H]1CCCN1C(=O)CNC(=O)[C@H](CCCCN)NC(=O)[C@@H]1C/C=C\C[C@H](N)C(=O)N[C@@H](CCCN=C(N)N)C(=O)N[C@@H](CC(C)C)C(=O)N[C@@H](CO)C(=O)N1)C(=O)O. The normalized spacial score (nSPS) is 23.5. The molecule has 2 aliphatic rings. The van der Waals surface area contributed by atoms with Gasteiger partial charge in [-0.2, -0.15) is 0 Å². The Morgan fingerprint density at radius 3 is 2.09 bits per heavy atom. The first-order valence-corrected chi connectivity index (χ1v) is 22.7. The number of aliphatic hydroxyl groups excluding tert-OH is 1. The summed E-state index contributed by atoms with van der Waals surface area (Å²) in [5.74, 6) is -7.52. The number of hydrogen-bond donors (Lipinski definition) is 13. The summed E-state index contributed by atoms with van der Waals surface area (Å²) in [5, 5.41) is 37.7. The molecule has 0 bridgehead atoms. The van der Waals surface area contributed by atoms with Crippen LogP contribution in [-0.2, 0) is 43.2 Å². The predicted octanol–water partition coefficient (Wildman–Crippen LogP) is -3.82. The van der Waals surface area contributed by atoms with Crippen molar-refractivity contribution >= 4 is 59.2 Å². The van der Waals surface area contributed by atoms with Crippen LogP contribution in [-0.4, -0.2) is 155 Å². The standard InChI is InChI=1S/C42H73N13O11/c1-4-5-13-29(41(65)66)52-40(64)32-17-11-20-55(32)33(57)22-48-35(59)26(15-8-9-18-43)50-36(60)27-14-7-6-12-25(44)34(58)49-28(16-10-19-47-42(45)46)37(61)53-30(21-24(2)3)38(62)54-31(23-56)39(63)51-27/h6-7,24-32,56H,4-5,8-23,43-44H2,1-3H3,(H,48,59)(H,49,58)(H,50,60)(H,51,63)(H,52,64)(H,53,61)(H,54,62)(H,65,66)(H4,45,46,47)/b7-6-/t25-,26-,27-,28-,29-,30-,31-,32-/m0/s1. The Balaban J connectivity index is 2.34. The van der Waals surface area contributed by atoms with Crippen LogP contribution in [0.2, 0.25) is 0 Å². The molecule has 24 heteroatoms. The van der Waals surface area contributed by atoms with Gasteiger partial charge in [-0.25, -0.2) is 4.79 Å². The summed E-state index contributed by atoms with van der Waals surface area (Å²) >= 11 is 0. The number of amides is 8. The van der Waals surface area contributed by atoms with Gasteiger partial charge in [-0.1, -0.05) is 45.8 Å². The Morgan fingerprint density at radius 1 is 0.833 bits per heavy atom. The van der Waals surface area contributed by atoms with Gasteiger partial charge in [0.25, 0.3) is 0 Å². The Morgan fingerprint density at radius 2 is 1.45 bits per heavy atom. The molecule has 0 unspecified atom stereocenters. The number of carboxylic acids is 1. The van der Waals surface area contributed by atoms with Gasteiger partial charge in [0.05, 0.1) is 19.2 Å². The highest BCUT2D eigenvalue weighted by atomic mass is 16.4. The summed E-state index contributed by atoms with van der Waals surface area (Å²) in [6.07, 6.45) is 6.33. The number of aliphatic carboxylic acids is 1. The fourth-order valence-corrected chi connectivity index (χ4v) is 7.27. The molecule has 0 radical (unpaired) electrons. The number of aliphatic hydroxyl groups is 1. The Hall–Kier alpha value is -5.88. The van der Waals surface area contributed by atoms with E-state index in [1.54, 1.807) is 13.8 Å². The number of hydrogen-bond acceptors (Lipinski definition) is 13. The monoisotopic (exact) mass is 936 g/mol. The molecule has 372 valence electrons. The molecular formula is C42H73N13O11. The van der Waals surface area contributed by atoms with E-state index in [1.807, 2.05) is 6.92 Å². The van der Waals surface area contributed by atoms with Crippen LogP contribution in [0.5, 0.6) is 0 Å². The third-order valence-corrected chi connectivity index (χ3v) is 11.0. The molecule has 2 aliphatic heterocycles. The topological polar surface area (TPSA) is 398 Å². The van der Waals surface area contributed by atoms with Crippen molar-refractivity contribution in [3.63, 3.8) is 0 Å². The number of carbonyl (C=O) groups excluding carboxylic acids is 8. The Bertz CT molecular complexity index is 1730. The van der Waals surface area contributed by atoms with Gasteiger partial charge in [-0.3, -0.25) is 43.3 Å². The number of carbonyl (C=O) groups is 9. The van der Waals surface area contributed by atoms with Crippen LogP contribution < -0.4 is 60.2 Å². The van der Waals surface area contributed by atoms with Crippen molar-refractivity contribution in [2.24, 2.45) is 33.8 Å². The molecule has 8 amide bonds. The minimum absolute atomic E-state index is 0.0670. The number of unbranched alkanes of at least 4 members (excludes halogenated alkanes) is 2. The van der Waals surface area contributed by atoms with Crippen molar-refractivity contribution in [2.75, 3.05) is 32.8 Å². The Labute approximate surface area is 385 Å². The summed E-state index contributed by atoms with van der Waals surface area (Å²) in [6, 6.07) is -9.87. The number of nitrogens with one attached hydrogen (secondary N) is 7. The van der Waals surface area contributed by atoms with Crippen molar-refractivity contribution < 1.29 is 53.4 Å². The predicted molar refractivity (Wildman–Crippen MR) is 242 cm³/mol. The molecule has 17 N–H and O–H groups in total. The highest BCUT2D eigenvalue weighted by molar-refractivity contribution is 5.97. The van der Waals surface area contributed by atoms with Gasteiger partial charge in [0.15, 0.2) is 5.96 Å². The lowest BCUT2D eigenvalue weighted by atomic mass is 10.0. The number of rotatable bonds is 22. The average Bonchev–Trinajstić information content (AvgIpc) is 3.77. The van der Waals surface area contributed by atoms with E-state index >= 15 is 0 Å². The number of guanidine groups is 1. The minimum atomic E-state index is -1.60. The molecule has 0 aromatic rings. The second kappa shape index (κ2) is 29.6. The maximum absolute atomic E-state index is 14.0. The molecule has 0 aromatic carbocycles. The van der Waals surface area contributed by atoms with Gasteiger partial charge in [-0.05, 0) is 83.1 Å². The maximum atomic E-state index is 14.0. The van der Waals surface area contributed by atoms with Gasteiger partial charge in [-0.15, -0.1) is 0 Å². The van der Waals surface area contributed by atoms with Crippen molar-refractivity contribution in [1.29, 1.82) is 0 Å². The van der Waals surface area contributed by atoms with Crippen LogP contribution in [0, 0.1) is 5.92 Å². The molecule has 24 nitrogen and oxygen atoms in total. The summed E-state index contributed by atoms with van der Waals surface area (Å²) in [4.78, 5) is 125. The molecule has 8 atom stereocenters. The van der Waals surface area contributed by atoms with E-state index in [0.717, 1.165) is 6.42 Å². The maximum Gasteiger partial charge on any atom is 0.326 e. The molecule has 66 heavy (non-hydrogen) atoms. The van der Waals surface area contributed by atoms with Crippen molar-refractivity contribution in [1.82, 2.24) is 42.1 Å². The quantitative estimate of drug-likeness (QED) is 0.0214. The van der Waals surface area contributed by atoms with Crippen LogP contribution in [0.15, 0.2) is 17.1 Å². The van der Waals surface area contributed by atoms with Crippen LogP contribution in [0.3, 0.4) is 0 Å². The number of nitrogens with two attached hydrogens (primary N) is 4. The van der Waals surface area contributed by atoms with Crippen LogP contribution in [0.1, 0.15) is 104 Å². The molecule has 1 fully saturated rings. The van der Waals surface area contributed by atoms with Crippen LogP contribution in [0.4, 0.5) is 0 Å². The van der Waals surface area contributed by atoms with E-state index in [0.29, 0.717) is 32.1 Å². The van der Waals surface area contributed by atoms with Gasteiger partial charge >= 0.3 is 5.97 Å². The fourth-order valence-electron chi connectivity index (χ4n) is 7.27. The van der Waals surface area contributed by atoms with E-state index in [4.69, 9.17) is 22.9 Å². The first kappa shape index (κ1) is 56.2. The minimum Gasteiger partial charge on any atom is -0.480 e. The fraction of sp³-hybridized carbons (Fsp3) is 0.714. The largest absolute Gasteiger partial charge is 0.480 e. The molecule has 0 aliphatic carbocycles. The third kappa shape index (κ3) is 19.7. The van der Waals surface area contributed by atoms with E-state index in [-0.39, 0.29) is 76.5 Å². The second-order valence-corrected chi connectivity index (χ2v) is 16.9. The highest BCUT2D eigenvalue weighted by Crippen LogP contribution is 2.18. The van der Waals surface area contributed by atoms with Gasteiger partial charge < -0.3 is 75.3 Å². The second-order valence-electron chi connectivity index (χ2n) is 16.9. The molecule has 0 spiro atoms. The molecular weight excluding hydrogens is 863 g/mol. The van der Waals surface area contributed by atoms with Gasteiger partial charge in [0.2, 0.25) is 47.3 Å². The van der Waals surface area contributed by atoms with Gasteiger partial charge in [0.1, 0.15) is 42.3 Å². The molecule has 1 saturated heterocycles. The smallest absolute Gasteiger partial charge is 0.326 e. The summed E-state index contributed by atoms with van der Waals surface area (Å²) in [5.41, 5.74) is 22.7. The van der Waals surface area contributed by atoms with Crippen molar-refractivity contribution in [3.8, 4) is 0 Å². The number of likely N-dealkylation sites (tertiary alicyclic amines) is 1. The van der Waals surface area contributed by atoms with E-state index in [2.05, 4.69) is 42.2 Å². The molecule has 0 saturated carbocycles. The lowest BCUT2D eigenvalue weighted by Gasteiger charge is -2.27. The van der Waals surface area contributed by atoms with E-state index < -0.39 is 115 Å². The summed E-state index contributed by atoms with van der Waals surface area (Å²) in [6.45, 7) is 4.65. The zero-order valence-electron chi connectivity index (χ0n) is 38.4. The van der Waals surface area contributed by atoms with Crippen LogP contribution >= 0.6 is 0 Å². The summed E-state index contributed by atoms with van der Waals surface area (Å²) in [7, 11) is 0. The molecule has 0 aromatic heterocycles. The van der Waals surface area contributed by atoms with Gasteiger partial charge in [0, 0.05) is 13.1 Å². The third-order valence-electron chi connectivity index (χ3n) is 11.0. The number of aliphatic imine (C=N–C) groups is 1. The Kier molecular flexibility index (Phi) is 25.2. The number of carboxylic acid groups (broad SMARTS) is 1. The van der Waals surface area contributed by atoms with Crippen LogP contribution in [0.25, 0.3) is 0 Å². The first-order chi connectivity index (χ1) is 31.3. The first-order valence-electron chi connectivity index (χ1n) is 22.7. The molecule has 2 rings (SSSR count). The number of nitrogens with zero attached hydrogens (tertiary/aromatic N) is 2. The zero-order chi connectivity index (χ0) is 49.3. The zero-order valence-corrected chi connectivity index (χ0v) is 38.4. The molecule has 2 heterocycles. The highest BCUT2D eigenvalue weighted by Gasteiger charge is 2.37. The lowest BCUT2D eigenvalue weighted by molar-refractivity contribution is -0.144.